The van der Waals surface area contributed by atoms with Crippen LogP contribution in [0.15, 0.2) is 12.1 Å². The van der Waals surface area contributed by atoms with E-state index in [1.54, 1.807) is 0 Å². The van der Waals surface area contributed by atoms with Gasteiger partial charge in [0.1, 0.15) is 11.6 Å². The van der Waals surface area contributed by atoms with Crippen LogP contribution in [0.4, 0.5) is 8.78 Å². The maximum atomic E-state index is 13.2. The van der Waals surface area contributed by atoms with Crippen LogP contribution in [0.25, 0.3) is 0 Å². The van der Waals surface area contributed by atoms with Gasteiger partial charge in [-0.1, -0.05) is 0 Å². The topological polar surface area (TPSA) is 72.5 Å². The highest BCUT2D eigenvalue weighted by molar-refractivity contribution is 5.87. The summed E-state index contributed by atoms with van der Waals surface area (Å²) in [7, 11) is 0. The normalized spacial score (nSPS) is 10.3. The second kappa shape index (κ2) is 4.81. The van der Waals surface area contributed by atoms with Crippen molar-refractivity contribution in [3.8, 4) is 0 Å². The van der Waals surface area contributed by atoms with Crippen LogP contribution in [0, 0.1) is 11.6 Å². The third kappa shape index (κ3) is 2.71. The van der Waals surface area contributed by atoms with E-state index >= 15 is 0 Å². The second-order valence-electron chi connectivity index (χ2n) is 2.84. The van der Waals surface area contributed by atoms with Crippen LogP contribution in [0.1, 0.15) is 15.9 Å². The number of aromatic carboxylic acids is 1. The first-order chi connectivity index (χ1) is 7.06. The quantitative estimate of drug-likeness (QED) is 0.740. The highest BCUT2D eigenvalue weighted by atomic mass is 19.1. The Kier molecular flexibility index (Phi) is 3.70. The maximum Gasteiger partial charge on any atom is 0.335 e. The van der Waals surface area contributed by atoms with Gasteiger partial charge in [0.15, 0.2) is 0 Å². The summed E-state index contributed by atoms with van der Waals surface area (Å²) in [6.45, 7) is -0.0414. The molecule has 0 radical (unpaired) electrons. The Labute approximate surface area is 84.2 Å². The maximum absolute atomic E-state index is 13.2. The summed E-state index contributed by atoms with van der Waals surface area (Å²) in [4.78, 5) is 14.6. The molecule has 0 saturated heterocycles. The van der Waals surface area contributed by atoms with Gasteiger partial charge in [-0.05, 0) is 12.1 Å². The Hall–Kier alpha value is -1.53. The molecule has 0 fully saturated rings. The molecule has 0 atom stereocenters. The van der Waals surface area contributed by atoms with E-state index < -0.39 is 23.2 Å². The van der Waals surface area contributed by atoms with E-state index in [2.05, 4.69) is 4.84 Å². The van der Waals surface area contributed by atoms with Gasteiger partial charge in [-0.2, -0.15) is 0 Å². The SMILES string of the molecule is NOCCc1c(F)cc(C(=O)O)cc1F. The van der Waals surface area contributed by atoms with Crippen LogP contribution in [-0.4, -0.2) is 17.7 Å². The molecule has 0 spiro atoms. The fraction of sp³-hybridized carbons (Fsp3) is 0.222. The predicted octanol–water partition coefficient (Wildman–Crippen LogP) is 1.10. The molecule has 0 aliphatic carbocycles. The minimum Gasteiger partial charge on any atom is -0.478 e. The molecule has 0 amide bonds. The highest BCUT2D eigenvalue weighted by Gasteiger charge is 2.14. The van der Waals surface area contributed by atoms with Gasteiger partial charge in [-0.3, -0.25) is 0 Å². The molecule has 15 heavy (non-hydrogen) atoms. The number of halogens is 2. The molecule has 0 aromatic heterocycles. The fourth-order valence-corrected chi connectivity index (χ4v) is 1.13. The summed E-state index contributed by atoms with van der Waals surface area (Å²) < 4.78 is 26.4. The van der Waals surface area contributed by atoms with E-state index in [-0.39, 0.29) is 18.6 Å². The van der Waals surface area contributed by atoms with E-state index in [4.69, 9.17) is 11.0 Å². The fourth-order valence-electron chi connectivity index (χ4n) is 1.13. The molecule has 0 saturated carbocycles. The van der Waals surface area contributed by atoms with E-state index in [9.17, 15) is 13.6 Å². The van der Waals surface area contributed by atoms with Crippen molar-refractivity contribution in [3.63, 3.8) is 0 Å². The monoisotopic (exact) mass is 217 g/mol. The smallest absolute Gasteiger partial charge is 0.335 e. The lowest BCUT2D eigenvalue weighted by atomic mass is 10.1. The van der Waals surface area contributed by atoms with Crippen molar-refractivity contribution in [1.29, 1.82) is 0 Å². The van der Waals surface area contributed by atoms with Crippen molar-refractivity contribution in [2.45, 2.75) is 6.42 Å². The van der Waals surface area contributed by atoms with Crippen molar-refractivity contribution in [2.24, 2.45) is 5.90 Å². The van der Waals surface area contributed by atoms with Gasteiger partial charge in [-0.15, -0.1) is 0 Å². The predicted molar refractivity (Wildman–Crippen MR) is 47.2 cm³/mol. The average molecular weight is 217 g/mol. The first kappa shape index (κ1) is 11.5. The molecule has 6 heteroatoms. The number of carboxylic acid groups (broad SMARTS) is 1. The molecule has 4 nitrogen and oxygen atoms in total. The summed E-state index contributed by atoms with van der Waals surface area (Å²) in [5.74, 6) is 1.51. The standard InChI is InChI=1S/C9H9F2NO3/c10-7-3-5(9(13)14)4-8(11)6(7)1-2-15-12/h3-4H,1-2,12H2,(H,13,14). The molecule has 0 unspecified atom stereocenters. The zero-order chi connectivity index (χ0) is 11.4. The Morgan fingerprint density at radius 1 is 1.40 bits per heavy atom. The van der Waals surface area contributed by atoms with Crippen LogP contribution in [0.3, 0.4) is 0 Å². The van der Waals surface area contributed by atoms with E-state index in [1.165, 1.54) is 0 Å². The van der Waals surface area contributed by atoms with Crippen molar-refractivity contribution in [1.82, 2.24) is 0 Å². The second-order valence-corrected chi connectivity index (χ2v) is 2.84. The molecule has 1 aromatic carbocycles. The number of hydrogen-bond acceptors (Lipinski definition) is 3. The number of rotatable bonds is 4. The molecule has 0 aliphatic rings. The van der Waals surface area contributed by atoms with E-state index in [0.717, 1.165) is 12.1 Å². The van der Waals surface area contributed by atoms with E-state index in [1.807, 2.05) is 0 Å². The lowest BCUT2D eigenvalue weighted by molar-refractivity contribution is 0.0695. The van der Waals surface area contributed by atoms with Gasteiger partial charge in [0.05, 0.1) is 12.2 Å². The summed E-state index contributed by atoms with van der Waals surface area (Å²) in [6, 6.07) is 1.52. The number of benzene rings is 1. The number of carboxylic acids is 1. The molecular weight excluding hydrogens is 208 g/mol. The summed E-state index contributed by atoms with van der Waals surface area (Å²) in [6.07, 6.45) is -0.0476. The van der Waals surface area contributed by atoms with Crippen LogP contribution >= 0.6 is 0 Å². The zero-order valence-corrected chi connectivity index (χ0v) is 7.67. The van der Waals surface area contributed by atoms with Gasteiger partial charge in [0, 0.05) is 12.0 Å². The minimum absolute atomic E-state index is 0.0414. The van der Waals surface area contributed by atoms with Gasteiger partial charge in [0.25, 0.3) is 0 Å². The van der Waals surface area contributed by atoms with Gasteiger partial charge >= 0.3 is 5.97 Å². The van der Waals surface area contributed by atoms with Gasteiger partial charge < -0.3 is 9.94 Å². The molecule has 0 heterocycles. The average Bonchev–Trinajstić information content (AvgIpc) is 2.16. The van der Waals surface area contributed by atoms with Crippen molar-refractivity contribution >= 4 is 5.97 Å². The van der Waals surface area contributed by atoms with Crippen LogP contribution in [-0.2, 0) is 11.3 Å². The number of nitrogens with two attached hydrogens (primary N) is 1. The van der Waals surface area contributed by atoms with Crippen LogP contribution in [0.5, 0.6) is 0 Å². The number of hydrogen-bond donors (Lipinski definition) is 2. The molecule has 1 aromatic rings. The largest absolute Gasteiger partial charge is 0.478 e. The third-order valence-corrected chi connectivity index (χ3v) is 1.86. The Bertz CT molecular complexity index is 359. The first-order valence-corrected chi connectivity index (χ1v) is 4.09. The lowest BCUT2D eigenvalue weighted by Gasteiger charge is -2.05. The molecule has 3 N–H and O–H groups in total. The Morgan fingerprint density at radius 3 is 2.33 bits per heavy atom. The molecule has 0 bridgehead atoms. The molecule has 1 rings (SSSR count). The van der Waals surface area contributed by atoms with Crippen molar-refractivity contribution in [3.05, 3.63) is 34.9 Å². The molecule has 0 aliphatic heterocycles. The van der Waals surface area contributed by atoms with Gasteiger partial charge in [-0.25, -0.2) is 19.5 Å². The Morgan fingerprint density at radius 2 is 1.93 bits per heavy atom. The van der Waals surface area contributed by atoms with E-state index in [0.29, 0.717) is 0 Å². The minimum atomic E-state index is -1.38. The van der Waals surface area contributed by atoms with Crippen LogP contribution < -0.4 is 5.90 Å². The lowest BCUT2D eigenvalue weighted by Crippen LogP contribution is -2.08. The van der Waals surface area contributed by atoms with Gasteiger partial charge in [0.2, 0.25) is 0 Å². The Balaban J connectivity index is 3.04. The van der Waals surface area contributed by atoms with Crippen molar-refractivity contribution in [2.75, 3.05) is 6.61 Å². The zero-order valence-electron chi connectivity index (χ0n) is 7.67. The summed E-state index contributed by atoms with van der Waals surface area (Å²) >= 11 is 0. The van der Waals surface area contributed by atoms with Crippen molar-refractivity contribution < 1.29 is 23.5 Å². The molecular formula is C9H9F2NO3. The first-order valence-electron chi connectivity index (χ1n) is 4.09. The highest BCUT2D eigenvalue weighted by Crippen LogP contribution is 2.16. The summed E-state index contributed by atoms with van der Waals surface area (Å²) in [5, 5.41) is 8.52. The third-order valence-electron chi connectivity index (χ3n) is 1.86. The van der Waals surface area contributed by atoms with Crippen LogP contribution in [0.2, 0.25) is 0 Å². The number of carbonyl (C=O) groups is 1. The molecule has 82 valence electrons. The summed E-state index contributed by atoms with van der Waals surface area (Å²) in [5.41, 5.74) is -0.659.